The Hall–Kier alpha value is -0.600. The van der Waals surface area contributed by atoms with Gasteiger partial charge in [-0.1, -0.05) is 32.1 Å². The van der Waals surface area contributed by atoms with Crippen molar-refractivity contribution in [2.24, 2.45) is 0 Å². The van der Waals surface area contributed by atoms with Crippen LogP contribution in [0.15, 0.2) is 0 Å². The molecule has 0 aromatic rings. The van der Waals surface area contributed by atoms with Crippen LogP contribution in [0.1, 0.15) is 32.6 Å². The van der Waals surface area contributed by atoms with Crippen LogP contribution in [-0.2, 0) is 18.9 Å². The Morgan fingerprint density at radius 2 is 1.21 bits per heavy atom. The predicted molar refractivity (Wildman–Crippen MR) is 76.3 cm³/mol. The average Bonchev–Trinajstić information content (AvgIpc) is 2.43. The highest BCUT2D eigenvalue weighted by molar-refractivity contribution is 4.82. The summed E-state index contributed by atoms with van der Waals surface area (Å²) in [5.41, 5.74) is 0. The fourth-order valence-corrected chi connectivity index (χ4v) is 1.42. The summed E-state index contributed by atoms with van der Waals surface area (Å²) in [6, 6.07) is 0. The lowest BCUT2D eigenvalue weighted by Gasteiger charge is -2.06. The first kappa shape index (κ1) is 18.4. The van der Waals surface area contributed by atoms with E-state index in [1.165, 1.54) is 19.3 Å². The molecule has 0 N–H and O–H groups in total. The minimum Gasteiger partial charge on any atom is -0.379 e. The van der Waals surface area contributed by atoms with E-state index in [2.05, 4.69) is 12.8 Å². The summed E-state index contributed by atoms with van der Waals surface area (Å²) in [5, 5.41) is 0. The van der Waals surface area contributed by atoms with Crippen LogP contribution in [0, 0.1) is 12.3 Å². The summed E-state index contributed by atoms with van der Waals surface area (Å²) in [7, 11) is 0. The number of rotatable bonds is 15. The molecule has 19 heavy (non-hydrogen) atoms. The maximum atomic E-state index is 5.45. The zero-order valence-electron chi connectivity index (χ0n) is 12.2. The second-order valence-electron chi connectivity index (χ2n) is 4.15. The smallest absolute Gasteiger partial charge is 0.107 e. The van der Waals surface area contributed by atoms with Crippen LogP contribution in [0.5, 0.6) is 0 Å². The topological polar surface area (TPSA) is 36.9 Å². The number of unbranched alkanes of at least 4 members (excludes halogenated alkanes) is 3. The third kappa shape index (κ3) is 17.4. The SMILES string of the molecule is C#CCOCCOCCOCCOCCCCCC. The minimum absolute atomic E-state index is 0.343. The van der Waals surface area contributed by atoms with Gasteiger partial charge in [0.1, 0.15) is 6.61 Å². The first-order valence-corrected chi connectivity index (χ1v) is 7.16. The van der Waals surface area contributed by atoms with E-state index < -0.39 is 0 Å². The van der Waals surface area contributed by atoms with Crippen LogP contribution in [0.2, 0.25) is 0 Å². The van der Waals surface area contributed by atoms with Crippen molar-refractivity contribution in [3.05, 3.63) is 0 Å². The van der Waals surface area contributed by atoms with Crippen molar-refractivity contribution in [3.63, 3.8) is 0 Å². The largest absolute Gasteiger partial charge is 0.379 e. The molecule has 0 heterocycles. The Balaban J connectivity index is 2.90. The van der Waals surface area contributed by atoms with Crippen molar-refractivity contribution >= 4 is 0 Å². The maximum Gasteiger partial charge on any atom is 0.107 e. The molecule has 0 aromatic carbocycles. The zero-order valence-corrected chi connectivity index (χ0v) is 12.2. The normalized spacial score (nSPS) is 10.5. The van der Waals surface area contributed by atoms with Crippen molar-refractivity contribution in [3.8, 4) is 12.3 Å². The first-order valence-electron chi connectivity index (χ1n) is 7.16. The van der Waals surface area contributed by atoms with Gasteiger partial charge in [0.2, 0.25) is 0 Å². The summed E-state index contributed by atoms with van der Waals surface area (Å²) in [5.74, 6) is 2.40. The summed E-state index contributed by atoms with van der Waals surface area (Å²) in [4.78, 5) is 0. The molecule has 0 fully saturated rings. The van der Waals surface area contributed by atoms with Crippen LogP contribution < -0.4 is 0 Å². The molecule has 0 amide bonds. The number of hydrogen-bond acceptors (Lipinski definition) is 4. The van der Waals surface area contributed by atoms with Crippen molar-refractivity contribution < 1.29 is 18.9 Å². The van der Waals surface area contributed by atoms with E-state index in [4.69, 9.17) is 25.4 Å². The predicted octanol–water partition coefficient (Wildman–Crippen LogP) is 2.27. The highest BCUT2D eigenvalue weighted by Gasteiger charge is 1.92. The summed E-state index contributed by atoms with van der Waals surface area (Å²) in [6.07, 6.45) is 9.99. The third-order valence-electron chi connectivity index (χ3n) is 2.44. The molecule has 0 aliphatic carbocycles. The molecule has 0 rings (SSSR count). The van der Waals surface area contributed by atoms with E-state index in [0.717, 1.165) is 13.0 Å². The van der Waals surface area contributed by atoms with Gasteiger partial charge >= 0.3 is 0 Å². The van der Waals surface area contributed by atoms with Crippen LogP contribution >= 0.6 is 0 Å². The lowest BCUT2D eigenvalue weighted by Crippen LogP contribution is -2.12. The maximum absolute atomic E-state index is 5.45. The molecule has 0 aromatic heterocycles. The Kier molecular flexibility index (Phi) is 16.9. The highest BCUT2D eigenvalue weighted by Crippen LogP contribution is 1.98. The standard InChI is InChI=1S/C15H28O4/c1-3-5-6-7-9-17-11-13-19-15-14-18-12-10-16-8-4-2/h2H,3,5-15H2,1H3. The van der Waals surface area contributed by atoms with Crippen LogP contribution in [-0.4, -0.2) is 52.9 Å². The van der Waals surface area contributed by atoms with Crippen molar-refractivity contribution in [1.82, 2.24) is 0 Å². The van der Waals surface area contributed by atoms with Gasteiger partial charge in [0.15, 0.2) is 0 Å². The van der Waals surface area contributed by atoms with Gasteiger partial charge in [-0.15, -0.1) is 6.42 Å². The number of hydrogen-bond donors (Lipinski definition) is 0. The Bertz CT molecular complexity index is 201. The second kappa shape index (κ2) is 17.4. The van der Waals surface area contributed by atoms with Crippen molar-refractivity contribution in [2.45, 2.75) is 32.6 Å². The fraction of sp³-hybridized carbons (Fsp3) is 0.867. The molecule has 4 heteroatoms. The summed E-state index contributed by atoms with van der Waals surface area (Å²) < 4.78 is 21.2. The van der Waals surface area contributed by atoms with E-state index in [9.17, 15) is 0 Å². The van der Waals surface area contributed by atoms with Gasteiger partial charge < -0.3 is 18.9 Å². The number of ether oxygens (including phenoxy) is 4. The Morgan fingerprint density at radius 1 is 0.684 bits per heavy atom. The highest BCUT2D eigenvalue weighted by atomic mass is 16.6. The molecule has 0 unspecified atom stereocenters. The van der Waals surface area contributed by atoms with E-state index in [1.54, 1.807) is 0 Å². The Labute approximate surface area is 117 Å². The van der Waals surface area contributed by atoms with Gasteiger partial charge in [0, 0.05) is 6.61 Å². The molecule has 112 valence electrons. The van der Waals surface area contributed by atoms with Gasteiger partial charge in [0.25, 0.3) is 0 Å². The van der Waals surface area contributed by atoms with Gasteiger partial charge in [0.05, 0.1) is 39.6 Å². The molecular weight excluding hydrogens is 244 g/mol. The van der Waals surface area contributed by atoms with Gasteiger partial charge in [-0.05, 0) is 6.42 Å². The van der Waals surface area contributed by atoms with Crippen LogP contribution in [0.25, 0.3) is 0 Å². The third-order valence-corrected chi connectivity index (χ3v) is 2.44. The summed E-state index contributed by atoms with van der Waals surface area (Å²) in [6.45, 7) is 6.94. The molecular formula is C15H28O4. The molecule has 0 aliphatic rings. The molecule has 0 atom stereocenters. The second-order valence-corrected chi connectivity index (χ2v) is 4.15. The fourth-order valence-electron chi connectivity index (χ4n) is 1.42. The molecule has 0 radical (unpaired) electrons. The van der Waals surface area contributed by atoms with Gasteiger partial charge in [-0.3, -0.25) is 0 Å². The van der Waals surface area contributed by atoms with E-state index in [-0.39, 0.29) is 0 Å². The lowest BCUT2D eigenvalue weighted by atomic mass is 10.2. The van der Waals surface area contributed by atoms with Crippen molar-refractivity contribution in [1.29, 1.82) is 0 Å². The van der Waals surface area contributed by atoms with E-state index in [0.29, 0.717) is 46.2 Å². The molecule has 0 bridgehead atoms. The average molecular weight is 272 g/mol. The number of terminal acetylenes is 1. The Morgan fingerprint density at radius 3 is 1.74 bits per heavy atom. The quantitative estimate of drug-likeness (QED) is 0.338. The molecule has 0 aliphatic heterocycles. The first-order chi connectivity index (χ1) is 9.41. The molecule has 0 saturated heterocycles. The van der Waals surface area contributed by atoms with Crippen LogP contribution in [0.3, 0.4) is 0 Å². The molecule has 0 spiro atoms. The van der Waals surface area contributed by atoms with Crippen molar-refractivity contribution in [2.75, 3.05) is 52.9 Å². The zero-order chi connectivity index (χ0) is 14.0. The summed E-state index contributed by atoms with van der Waals surface area (Å²) >= 11 is 0. The van der Waals surface area contributed by atoms with E-state index in [1.807, 2.05) is 0 Å². The van der Waals surface area contributed by atoms with Crippen LogP contribution in [0.4, 0.5) is 0 Å². The molecule has 0 saturated carbocycles. The van der Waals surface area contributed by atoms with E-state index >= 15 is 0 Å². The van der Waals surface area contributed by atoms with Gasteiger partial charge in [-0.25, -0.2) is 0 Å². The monoisotopic (exact) mass is 272 g/mol. The molecule has 4 nitrogen and oxygen atoms in total. The minimum atomic E-state index is 0.343. The lowest BCUT2D eigenvalue weighted by molar-refractivity contribution is 0.000922. The van der Waals surface area contributed by atoms with Gasteiger partial charge in [-0.2, -0.15) is 0 Å².